The maximum atomic E-state index is 13.7. The second kappa shape index (κ2) is 7.73. The summed E-state index contributed by atoms with van der Waals surface area (Å²) in [6.07, 6.45) is -5.98. The molecule has 0 spiro atoms. The Hall–Kier alpha value is -3.06. The van der Waals surface area contributed by atoms with Crippen LogP contribution in [0.1, 0.15) is 20.3 Å². The molecule has 3 aliphatic heterocycles. The number of oxazole rings is 1. The lowest BCUT2D eigenvalue weighted by atomic mass is 9.88. The van der Waals surface area contributed by atoms with Crippen LogP contribution in [0, 0.1) is 0 Å². The average molecular weight is 498 g/mol. The first kappa shape index (κ1) is 22.7. The number of aromatic nitrogens is 2. The molecule has 182 valence electrons. The number of halogens is 3. The Labute approximate surface area is 195 Å². The largest absolute Gasteiger partial charge is 0.475 e. The number of benzene rings is 1. The molecule has 3 unspecified atom stereocenters. The average Bonchev–Trinajstić information content (AvgIpc) is 3.40. The van der Waals surface area contributed by atoms with Crippen molar-refractivity contribution in [1.82, 2.24) is 14.9 Å². The van der Waals surface area contributed by atoms with Crippen molar-refractivity contribution in [3.8, 4) is 16.3 Å². The van der Waals surface area contributed by atoms with Gasteiger partial charge in [-0.3, -0.25) is 4.90 Å². The molecule has 0 aliphatic carbocycles. The summed E-state index contributed by atoms with van der Waals surface area (Å²) in [6, 6.07) is 2.66. The van der Waals surface area contributed by atoms with E-state index in [9.17, 15) is 28.2 Å². The van der Waals surface area contributed by atoms with Gasteiger partial charge >= 0.3 is 12.3 Å². The molecule has 3 atom stereocenters. The van der Waals surface area contributed by atoms with Crippen LogP contribution in [0.3, 0.4) is 0 Å². The number of thiazole rings is 1. The lowest BCUT2D eigenvalue weighted by Crippen LogP contribution is -2.70. The van der Waals surface area contributed by atoms with Gasteiger partial charge in [0, 0.05) is 24.7 Å². The van der Waals surface area contributed by atoms with E-state index < -0.39 is 24.0 Å². The fraction of sp³-hybridized carbons (Fsp3) is 0.476. The zero-order valence-corrected chi connectivity index (χ0v) is 18.9. The topological polar surface area (TPSA) is 112 Å². The Morgan fingerprint density at radius 2 is 2.00 bits per heavy atom. The van der Waals surface area contributed by atoms with E-state index >= 15 is 0 Å². The number of hydrogen-bond acceptors (Lipinski definition) is 8. The van der Waals surface area contributed by atoms with Crippen molar-refractivity contribution in [3.05, 3.63) is 23.7 Å². The molecule has 34 heavy (non-hydrogen) atoms. The second-order valence-electron chi connectivity index (χ2n) is 8.95. The first-order valence-corrected chi connectivity index (χ1v) is 11.4. The number of ether oxygens (including phenoxy) is 1. The third-order valence-corrected chi connectivity index (χ3v) is 6.83. The van der Waals surface area contributed by atoms with Crippen LogP contribution in [0.2, 0.25) is 0 Å². The smallest absolute Gasteiger partial charge is 0.428 e. The van der Waals surface area contributed by atoms with Crippen molar-refractivity contribution >= 4 is 34.5 Å². The SMILES string of the molecule is CC(C)(O)C(Oc1ccc(-c2nccs2)c2oc(N3CC4CC(C3)N4C(=O)O)nc12)C(F)(F)F. The predicted octanol–water partition coefficient (Wildman–Crippen LogP) is 3.97. The summed E-state index contributed by atoms with van der Waals surface area (Å²) in [5, 5.41) is 21.8. The van der Waals surface area contributed by atoms with Crippen molar-refractivity contribution in [2.45, 2.75) is 50.2 Å². The van der Waals surface area contributed by atoms with E-state index in [1.807, 2.05) is 0 Å². The minimum absolute atomic E-state index is 0.0653. The van der Waals surface area contributed by atoms with Crippen LogP contribution < -0.4 is 9.64 Å². The molecule has 2 N–H and O–H groups in total. The molecule has 13 heteroatoms. The molecule has 2 bridgehead atoms. The van der Waals surface area contributed by atoms with Crippen LogP contribution in [0.4, 0.5) is 24.0 Å². The number of piperazine rings is 1. The first-order chi connectivity index (χ1) is 15.9. The van der Waals surface area contributed by atoms with Crippen LogP contribution in [-0.2, 0) is 0 Å². The Morgan fingerprint density at radius 1 is 1.29 bits per heavy atom. The van der Waals surface area contributed by atoms with Gasteiger partial charge in [0.05, 0.1) is 17.6 Å². The van der Waals surface area contributed by atoms with E-state index in [0.717, 1.165) is 20.3 Å². The molecule has 0 radical (unpaired) electrons. The normalized spacial score (nSPS) is 21.5. The highest BCUT2D eigenvalue weighted by Crippen LogP contribution is 2.42. The van der Waals surface area contributed by atoms with Crippen molar-refractivity contribution in [2.75, 3.05) is 18.0 Å². The molecule has 3 aliphatic rings. The summed E-state index contributed by atoms with van der Waals surface area (Å²) >= 11 is 1.33. The summed E-state index contributed by atoms with van der Waals surface area (Å²) in [6.45, 7) is 2.75. The fourth-order valence-electron chi connectivity index (χ4n) is 4.54. The number of carboxylic acid groups (broad SMARTS) is 1. The van der Waals surface area contributed by atoms with Crippen LogP contribution in [0.25, 0.3) is 21.7 Å². The summed E-state index contributed by atoms with van der Waals surface area (Å²) in [4.78, 5) is 23.3. The van der Waals surface area contributed by atoms with Crippen molar-refractivity contribution in [1.29, 1.82) is 0 Å². The number of alkyl halides is 3. The molecule has 5 heterocycles. The third-order valence-electron chi connectivity index (χ3n) is 6.03. The molecule has 3 aromatic rings. The minimum Gasteiger partial charge on any atom is -0.475 e. The van der Waals surface area contributed by atoms with Crippen LogP contribution in [-0.4, -0.2) is 74.2 Å². The Balaban J connectivity index is 1.55. The maximum Gasteiger partial charge on any atom is 0.428 e. The van der Waals surface area contributed by atoms with Gasteiger partial charge in [0.25, 0.3) is 6.01 Å². The molecule has 3 saturated heterocycles. The summed E-state index contributed by atoms with van der Waals surface area (Å²) in [5.41, 5.74) is -1.40. The number of carbonyl (C=O) groups is 1. The molecule has 2 aromatic heterocycles. The first-order valence-electron chi connectivity index (χ1n) is 10.5. The van der Waals surface area contributed by atoms with Gasteiger partial charge in [0.2, 0.25) is 6.10 Å². The zero-order chi connectivity index (χ0) is 24.4. The quantitative estimate of drug-likeness (QED) is 0.544. The van der Waals surface area contributed by atoms with Crippen molar-refractivity contribution < 1.29 is 37.3 Å². The van der Waals surface area contributed by atoms with Gasteiger partial charge in [-0.25, -0.2) is 9.78 Å². The number of aliphatic hydroxyl groups is 1. The molecular weight excluding hydrogens is 477 g/mol. The predicted molar refractivity (Wildman–Crippen MR) is 116 cm³/mol. The van der Waals surface area contributed by atoms with Gasteiger partial charge in [0.1, 0.15) is 16.4 Å². The van der Waals surface area contributed by atoms with Gasteiger partial charge in [-0.15, -0.1) is 11.3 Å². The monoisotopic (exact) mass is 498 g/mol. The third kappa shape index (κ3) is 3.82. The molecule has 3 fully saturated rings. The number of piperidine rings is 1. The molecule has 0 saturated carbocycles. The Morgan fingerprint density at radius 3 is 2.56 bits per heavy atom. The van der Waals surface area contributed by atoms with Gasteiger partial charge < -0.3 is 24.3 Å². The summed E-state index contributed by atoms with van der Waals surface area (Å²) in [7, 11) is 0. The number of fused-ring (bicyclic) bond motifs is 3. The Kier molecular flexibility index (Phi) is 5.17. The molecule has 1 amide bonds. The number of nitrogens with zero attached hydrogens (tertiary/aromatic N) is 4. The molecule has 6 rings (SSSR count). The van der Waals surface area contributed by atoms with E-state index in [2.05, 4.69) is 9.97 Å². The van der Waals surface area contributed by atoms with Gasteiger partial charge in [-0.05, 0) is 32.4 Å². The van der Waals surface area contributed by atoms with E-state index in [1.165, 1.54) is 22.3 Å². The van der Waals surface area contributed by atoms with E-state index in [-0.39, 0.29) is 34.9 Å². The van der Waals surface area contributed by atoms with Crippen molar-refractivity contribution in [3.63, 3.8) is 0 Å². The fourth-order valence-corrected chi connectivity index (χ4v) is 5.20. The highest BCUT2D eigenvalue weighted by molar-refractivity contribution is 7.13. The number of hydrogen-bond donors (Lipinski definition) is 2. The van der Waals surface area contributed by atoms with Gasteiger partial charge in [-0.1, -0.05) is 0 Å². The molecular formula is C21H21F3N4O5S. The van der Waals surface area contributed by atoms with Crippen molar-refractivity contribution in [2.24, 2.45) is 0 Å². The molecule has 9 nitrogen and oxygen atoms in total. The summed E-state index contributed by atoms with van der Waals surface area (Å²) < 4.78 is 52.3. The number of amides is 1. The lowest BCUT2D eigenvalue weighted by molar-refractivity contribution is -0.239. The Bertz CT molecular complexity index is 1200. The minimum atomic E-state index is -4.83. The number of rotatable bonds is 5. The maximum absolute atomic E-state index is 13.7. The van der Waals surface area contributed by atoms with Crippen LogP contribution in [0.5, 0.6) is 5.75 Å². The van der Waals surface area contributed by atoms with E-state index in [1.54, 1.807) is 22.5 Å². The number of anilines is 1. The molecule has 1 aromatic carbocycles. The lowest BCUT2D eigenvalue weighted by Gasteiger charge is -2.54. The summed E-state index contributed by atoms with van der Waals surface area (Å²) in [5.74, 6) is -0.191. The van der Waals surface area contributed by atoms with E-state index in [0.29, 0.717) is 23.7 Å². The highest BCUT2D eigenvalue weighted by Gasteiger charge is 2.51. The second-order valence-corrected chi connectivity index (χ2v) is 9.85. The highest BCUT2D eigenvalue weighted by atomic mass is 32.1. The van der Waals surface area contributed by atoms with Crippen LogP contribution in [0.15, 0.2) is 28.1 Å². The van der Waals surface area contributed by atoms with Gasteiger partial charge in [0.15, 0.2) is 11.1 Å². The zero-order valence-electron chi connectivity index (χ0n) is 18.1. The van der Waals surface area contributed by atoms with Gasteiger partial charge in [-0.2, -0.15) is 18.2 Å². The standard InChI is InChI=1S/C21H21F3N4O5S/c1-20(2,31)17(21(22,23)24)32-13-4-3-12(16-25-5-6-34-16)15-14(13)26-18(33-15)27-8-10-7-11(9-27)28(10)19(29)30/h3-6,10-11,17,31H,7-9H2,1-2H3,(H,29,30). The van der Waals surface area contributed by atoms with Crippen LogP contribution >= 0.6 is 11.3 Å². The van der Waals surface area contributed by atoms with E-state index in [4.69, 9.17) is 9.15 Å².